The van der Waals surface area contributed by atoms with E-state index in [-0.39, 0.29) is 5.82 Å². The van der Waals surface area contributed by atoms with Crippen LogP contribution in [0.5, 0.6) is 0 Å². The van der Waals surface area contributed by atoms with Gasteiger partial charge in [0.05, 0.1) is 0 Å². The third kappa shape index (κ3) is 1.41. The molecule has 1 aliphatic carbocycles. The Kier molecular flexibility index (Phi) is 2.23. The van der Waals surface area contributed by atoms with Crippen molar-refractivity contribution in [2.75, 3.05) is 0 Å². The van der Waals surface area contributed by atoms with E-state index in [1.807, 2.05) is 0 Å². The van der Waals surface area contributed by atoms with E-state index in [4.69, 9.17) is 10.8 Å². The molecule has 15 heavy (non-hydrogen) atoms. The van der Waals surface area contributed by atoms with Gasteiger partial charge in [-0.3, -0.25) is 0 Å². The Morgan fingerprint density at radius 1 is 1.53 bits per heavy atom. The van der Waals surface area contributed by atoms with Gasteiger partial charge < -0.3 is 10.8 Å². The van der Waals surface area contributed by atoms with Gasteiger partial charge in [0.15, 0.2) is 0 Å². The Balaban J connectivity index is 2.61. The van der Waals surface area contributed by atoms with Crippen LogP contribution in [0.15, 0.2) is 18.2 Å². The molecule has 0 amide bonds. The highest BCUT2D eigenvalue weighted by molar-refractivity contribution is 5.81. The van der Waals surface area contributed by atoms with E-state index in [2.05, 4.69) is 0 Å². The number of carboxylic acids is 1. The smallest absolute Gasteiger partial charge is 0.328 e. The maximum absolute atomic E-state index is 13.4. The van der Waals surface area contributed by atoms with E-state index in [0.29, 0.717) is 30.4 Å². The van der Waals surface area contributed by atoms with Gasteiger partial charge >= 0.3 is 5.97 Å². The fourth-order valence-electron chi connectivity index (χ4n) is 2.13. The molecule has 0 unspecified atom stereocenters. The SMILES string of the molecule is N[C@]1(C(=O)O)CCCc2c(F)cccc21. The average molecular weight is 209 g/mol. The Bertz CT molecular complexity index is 419. The summed E-state index contributed by atoms with van der Waals surface area (Å²) < 4.78 is 13.4. The van der Waals surface area contributed by atoms with Gasteiger partial charge in [0.25, 0.3) is 0 Å². The third-order valence-corrected chi connectivity index (χ3v) is 2.98. The number of halogens is 1. The maximum atomic E-state index is 13.4. The number of fused-ring (bicyclic) bond motifs is 1. The maximum Gasteiger partial charge on any atom is 0.328 e. The van der Waals surface area contributed by atoms with Crippen LogP contribution in [-0.4, -0.2) is 11.1 Å². The Hall–Kier alpha value is -1.42. The molecule has 0 aliphatic heterocycles. The van der Waals surface area contributed by atoms with Crippen LogP contribution in [0.1, 0.15) is 24.0 Å². The van der Waals surface area contributed by atoms with E-state index in [1.54, 1.807) is 6.07 Å². The summed E-state index contributed by atoms with van der Waals surface area (Å²) in [5.41, 5.74) is 5.27. The highest BCUT2D eigenvalue weighted by atomic mass is 19.1. The summed E-state index contributed by atoms with van der Waals surface area (Å²) in [4.78, 5) is 11.1. The summed E-state index contributed by atoms with van der Waals surface area (Å²) in [5.74, 6) is -1.45. The Labute approximate surface area is 86.7 Å². The van der Waals surface area contributed by atoms with Crippen LogP contribution in [0.4, 0.5) is 4.39 Å². The molecule has 0 spiro atoms. The van der Waals surface area contributed by atoms with Crippen molar-refractivity contribution in [1.29, 1.82) is 0 Å². The molecule has 3 nitrogen and oxygen atoms in total. The molecule has 0 aromatic heterocycles. The zero-order valence-electron chi connectivity index (χ0n) is 8.16. The lowest BCUT2D eigenvalue weighted by Gasteiger charge is -2.31. The van der Waals surface area contributed by atoms with E-state index in [1.165, 1.54) is 12.1 Å². The second kappa shape index (κ2) is 3.31. The predicted molar refractivity (Wildman–Crippen MR) is 52.8 cm³/mol. The van der Waals surface area contributed by atoms with Crippen molar-refractivity contribution in [3.63, 3.8) is 0 Å². The van der Waals surface area contributed by atoms with Gasteiger partial charge in [-0.1, -0.05) is 12.1 Å². The molecule has 1 aliphatic rings. The van der Waals surface area contributed by atoms with Gasteiger partial charge in [0.1, 0.15) is 11.4 Å². The molecule has 0 heterocycles. The molecular formula is C11H12FNO2. The first-order valence-corrected chi connectivity index (χ1v) is 4.86. The molecule has 0 bridgehead atoms. The van der Waals surface area contributed by atoms with Gasteiger partial charge in [0.2, 0.25) is 0 Å². The van der Waals surface area contributed by atoms with Crippen LogP contribution in [0.2, 0.25) is 0 Å². The normalized spacial score (nSPS) is 24.7. The molecule has 0 fully saturated rings. The van der Waals surface area contributed by atoms with Crippen LogP contribution < -0.4 is 5.73 Å². The Morgan fingerprint density at radius 3 is 2.93 bits per heavy atom. The van der Waals surface area contributed by atoms with Crippen molar-refractivity contribution in [2.45, 2.75) is 24.8 Å². The summed E-state index contributed by atoms with van der Waals surface area (Å²) in [5, 5.41) is 9.09. The minimum Gasteiger partial charge on any atom is -0.480 e. The summed E-state index contributed by atoms with van der Waals surface area (Å²) in [6, 6.07) is 4.45. The fraction of sp³-hybridized carbons (Fsp3) is 0.364. The number of hydrogen-bond donors (Lipinski definition) is 2. The van der Waals surface area contributed by atoms with Crippen LogP contribution in [0, 0.1) is 5.82 Å². The minimum absolute atomic E-state index is 0.358. The van der Waals surface area contributed by atoms with Gasteiger partial charge in [-0.2, -0.15) is 0 Å². The number of aliphatic carboxylic acids is 1. The van der Waals surface area contributed by atoms with Crippen molar-refractivity contribution in [1.82, 2.24) is 0 Å². The molecule has 0 saturated carbocycles. The van der Waals surface area contributed by atoms with Crippen LogP contribution in [0.25, 0.3) is 0 Å². The van der Waals surface area contributed by atoms with Gasteiger partial charge in [-0.15, -0.1) is 0 Å². The van der Waals surface area contributed by atoms with Gasteiger partial charge in [0, 0.05) is 0 Å². The molecule has 1 atom stereocenters. The summed E-state index contributed by atoms with van der Waals surface area (Å²) in [6.45, 7) is 0. The molecule has 4 heteroatoms. The predicted octanol–water partition coefficient (Wildman–Crippen LogP) is 1.40. The average Bonchev–Trinajstić information content (AvgIpc) is 2.20. The first-order chi connectivity index (χ1) is 7.05. The topological polar surface area (TPSA) is 63.3 Å². The largest absolute Gasteiger partial charge is 0.480 e. The van der Waals surface area contributed by atoms with Crippen LogP contribution in [0.3, 0.4) is 0 Å². The zero-order chi connectivity index (χ0) is 11.1. The second-order valence-electron chi connectivity index (χ2n) is 3.90. The van der Waals surface area contributed by atoms with Crippen molar-refractivity contribution >= 4 is 5.97 Å². The molecule has 3 N–H and O–H groups in total. The minimum atomic E-state index is -1.42. The van der Waals surface area contributed by atoms with Gasteiger partial charge in [-0.05, 0) is 36.5 Å². The standard InChI is InChI=1S/C11H12FNO2/c12-9-5-1-4-8-7(9)3-2-6-11(8,13)10(14)15/h1,4-5H,2-3,6,13H2,(H,14,15)/t11-/m1/s1. The lowest BCUT2D eigenvalue weighted by Crippen LogP contribution is -2.47. The molecule has 2 rings (SSSR count). The van der Waals surface area contributed by atoms with Crippen molar-refractivity contribution in [2.24, 2.45) is 5.73 Å². The van der Waals surface area contributed by atoms with E-state index in [0.717, 1.165) is 0 Å². The fourth-order valence-corrected chi connectivity index (χ4v) is 2.13. The first-order valence-electron chi connectivity index (χ1n) is 4.86. The monoisotopic (exact) mass is 209 g/mol. The number of rotatable bonds is 1. The van der Waals surface area contributed by atoms with E-state index < -0.39 is 11.5 Å². The summed E-state index contributed by atoms with van der Waals surface area (Å²) >= 11 is 0. The quantitative estimate of drug-likeness (QED) is 0.734. The highest BCUT2D eigenvalue weighted by Crippen LogP contribution is 2.34. The van der Waals surface area contributed by atoms with Crippen molar-refractivity contribution in [3.8, 4) is 0 Å². The van der Waals surface area contributed by atoms with E-state index in [9.17, 15) is 9.18 Å². The highest BCUT2D eigenvalue weighted by Gasteiger charge is 2.40. The number of benzene rings is 1. The Morgan fingerprint density at radius 2 is 2.27 bits per heavy atom. The summed E-state index contributed by atoms with van der Waals surface area (Å²) in [6.07, 6.45) is 1.53. The lowest BCUT2D eigenvalue weighted by molar-refractivity contribution is -0.144. The van der Waals surface area contributed by atoms with Crippen molar-refractivity contribution in [3.05, 3.63) is 35.1 Å². The zero-order valence-corrected chi connectivity index (χ0v) is 8.16. The lowest BCUT2D eigenvalue weighted by atomic mass is 9.77. The molecule has 1 aromatic rings. The number of hydrogen-bond acceptors (Lipinski definition) is 2. The molecule has 0 radical (unpaired) electrons. The second-order valence-corrected chi connectivity index (χ2v) is 3.90. The first kappa shape index (κ1) is 10.1. The van der Waals surface area contributed by atoms with Crippen LogP contribution >= 0.6 is 0 Å². The number of carbonyl (C=O) groups is 1. The molecule has 80 valence electrons. The molecular weight excluding hydrogens is 197 g/mol. The number of carboxylic acid groups (broad SMARTS) is 1. The van der Waals surface area contributed by atoms with Crippen LogP contribution in [-0.2, 0) is 16.8 Å². The molecule has 1 aromatic carbocycles. The van der Waals surface area contributed by atoms with E-state index >= 15 is 0 Å². The number of nitrogens with two attached hydrogens (primary N) is 1. The van der Waals surface area contributed by atoms with Gasteiger partial charge in [-0.25, -0.2) is 9.18 Å². The van der Waals surface area contributed by atoms with Crippen molar-refractivity contribution < 1.29 is 14.3 Å². The third-order valence-electron chi connectivity index (χ3n) is 2.98. The summed E-state index contributed by atoms with van der Waals surface area (Å²) in [7, 11) is 0. The molecule has 0 saturated heterocycles.